The van der Waals surface area contributed by atoms with E-state index in [1.807, 2.05) is 24.3 Å². The summed E-state index contributed by atoms with van der Waals surface area (Å²) in [5.41, 5.74) is 0.190. The summed E-state index contributed by atoms with van der Waals surface area (Å²) in [4.78, 5) is 0. The van der Waals surface area contributed by atoms with Gasteiger partial charge in [0, 0.05) is 11.6 Å². The highest BCUT2D eigenvalue weighted by molar-refractivity contribution is 6.30. The number of hydrogen-bond acceptors (Lipinski definition) is 2. The van der Waals surface area contributed by atoms with Crippen LogP contribution in [0.3, 0.4) is 0 Å². The Morgan fingerprint density at radius 2 is 2.31 bits per heavy atom. The number of benzene rings is 1. The van der Waals surface area contributed by atoms with Gasteiger partial charge >= 0.3 is 0 Å². The van der Waals surface area contributed by atoms with Crippen LogP contribution in [-0.4, -0.2) is 18.2 Å². The highest BCUT2D eigenvalue weighted by Gasteiger charge is 2.32. The first-order chi connectivity index (χ1) is 6.21. The average Bonchev–Trinajstić information content (AvgIpc) is 2.54. The van der Waals surface area contributed by atoms with E-state index in [0.29, 0.717) is 11.6 Å². The van der Waals surface area contributed by atoms with Gasteiger partial charge in [0.15, 0.2) is 0 Å². The number of rotatable bonds is 1. The standard InChI is InChI=1S/C10H12ClNO/c11-9-3-1-2-8(6-9)10(13)4-5-12-7-10/h1-3,6,12-13H,4-5,7H2. The topological polar surface area (TPSA) is 32.3 Å². The van der Waals surface area contributed by atoms with Crippen molar-refractivity contribution in [3.8, 4) is 0 Å². The smallest absolute Gasteiger partial charge is 0.103 e. The van der Waals surface area contributed by atoms with Crippen molar-refractivity contribution in [2.45, 2.75) is 12.0 Å². The molecule has 1 aromatic carbocycles. The normalized spacial score (nSPS) is 27.8. The van der Waals surface area contributed by atoms with Crippen LogP contribution in [0.1, 0.15) is 12.0 Å². The maximum atomic E-state index is 10.2. The summed E-state index contributed by atoms with van der Waals surface area (Å²) >= 11 is 5.85. The van der Waals surface area contributed by atoms with Crippen molar-refractivity contribution in [2.75, 3.05) is 13.1 Å². The second-order valence-corrected chi connectivity index (χ2v) is 3.91. The van der Waals surface area contributed by atoms with Gasteiger partial charge in [0.05, 0.1) is 0 Å². The Bertz CT molecular complexity index is 308. The van der Waals surface area contributed by atoms with Crippen LogP contribution < -0.4 is 5.32 Å². The Balaban J connectivity index is 2.33. The lowest BCUT2D eigenvalue weighted by Crippen LogP contribution is -2.28. The summed E-state index contributed by atoms with van der Waals surface area (Å²) < 4.78 is 0. The summed E-state index contributed by atoms with van der Waals surface area (Å²) in [7, 11) is 0. The van der Waals surface area contributed by atoms with E-state index in [-0.39, 0.29) is 0 Å². The molecule has 70 valence electrons. The SMILES string of the molecule is OC1(c2cccc(Cl)c2)CCNC1. The molecule has 1 atom stereocenters. The number of halogens is 1. The molecule has 1 aliphatic heterocycles. The molecule has 13 heavy (non-hydrogen) atoms. The van der Waals surface area contributed by atoms with E-state index in [0.717, 1.165) is 18.5 Å². The summed E-state index contributed by atoms with van der Waals surface area (Å²) in [6.07, 6.45) is 0.757. The molecule has 1 fully saturated rings. The first-order valence-corrected chi connectivity index (χ1v) is 4.78. The molecule has 2 N–H and O–H groups in total. The lowest BCUT2D eigenvalue weighted by Gasteiger charge is -2.21. The third-order valence-electron chi connectivity index (χ3n) is 2.49. The Kier molecular flexibility index (Phi) is 2.28. The molecule has 1 heterocycles. The second kappa shape index (κ2) is 3.29. The van der Waals surface area contributed by atoms with E-state index in [4.69, 9.17) is 11.6 Å². The predicted molar refractivity (Wildman–Crippen MR) is 52.8 cm³/mol. The van der Waals surface area contributed by atoms with Crippen LogP contribution in [0.5, 0.6) is 0 Å². The largest absolute Gasteiger partial charge is 0.384 e. The minimum atomic E-state index is -0.717. The van der Waals surface area contributed by atoms with Crippen molar-refractivity contribution in [1.82, 2.24) is 5.32 Å². The van der Waals surface area contributed by atoms with Gasteiger partial charge in [-0.2, -0.15) is 0 Å². The van der Waals surface area contributed by atoms with Crippen molar-refractivity contribution in [2.24, 2.45) is 0 Å². The van der Waals surface area contributed by atoms with Gasteiger partial charge in [-0.25, -0.2) is 0 Å². The zero-order chi connectivity index (χ0) is 9.31. The monoisotopic (exact) mass is 197 g/mol. The van der Waals surface area contributed by atoms with Crippen LogP contribution in [0.15, 0.2) is 24.3 Å². The van der Waals surface area contributed by atoms with Crippen molar-refractivity contribution in [3.63, 3.8) is 0 Å². The third kappa shape index (κ3) is 1.70. The van der Waals surface area contributed by atoms with Gasteiger partial charge in [-0.05, 0) is 30.7 Å². The molecule has 0 spiro atoms. The van der Waals surface area contributed by atoms with Crippen LogP contribution in [0.25, 0.3) is 0 Å². The zero-order valence-corrected chi connectivity index (χ0v) is 8.01. The lowest BCUT2D eigenvalue weighted by atomic mass is 9.93. The first kappa shape index (κ1) is 9.00. The Morgan fingerprint density at radius 1 is 1.46 bits per heavy atom. The van der Waals surface area contributed by atoms with Gasteiger partial charge in [0.1, 0.15) is 5.60 Å². The molecule has 2 rings (SSSR count). The summed E-state index contributed by atoms with van der Waals surface area (Å²) in [5, 5.41) is 14.0. The van der Waals surface area contributed by atoms with E-state index in [2.05, 4.69) is 5.32 Å². The molecule has 0 bridgehead atoms. The van der Waals surface area contributed by atoms with E-state index < -0.39 is 5.60 Å². The molecule has 1 unspecified atom stereocenters. The van der Waals surface area contributed by atoms with Crippen LogP contribution >= 0.6 is 11.6 Å². The van der Waals surface area contributed by atoms with Crippen molar-refractivity contribution in [1.29, 1.82) is 0 Å². The summed E-state index contributed by atoms with van der Waals surface area (Å²) in [6, 6.07) is 7.43. The number of β-amino-alcohol motifs (C(OH)–C–C–N with tert-alkyl or cyclic N) is 1. The fourth-order valence-electron chi connectivity index (χ4n) is 1.70. The van der Waals surface area contributed by atoms with Gasteiger partial charge in [-0.3, -0.25) is 0 Å². The predicted octanol–water partition coefficient (Wildman–Crippen LogP) is 1.52. The van der Waals surface area contributed by atoms with Gasteiger partial charge in [-0.1, -0.05) is 23.7 Å². The fraction of sp³-hybridized carbons (Fsp3) is 0.400. The van der Waals surface area contributed by atoms with E-state index in [1.165, 1.54) is 0 Å². The number of hydrogen-bond donors (Lipinski definition) is 2. The highest BCUT2D eigenvalue weighted by Crippen LogP contribution is 2.28. The molecule has 3 heteroatoms. The molecular weight excluding hydrogens is 186 g/mol. The summed E-state index contributed by atoms with van der Waals surface area (Å²) in [6.45, 7) is 1.48. The van der Waals surface area contributed by atoms with Crippen molar-refractivity contribution >= 4 is 11.6 Å². The molecule has 1 aromatic rings. The maximum Gasteiger partial charge on any atom is 0.103 e. The first-order valence-electron chi connectivity index (χ1n) is 4.40. The molecule has 1 aliphatic rings. The van der Waals surface area contributed by atoms with Crippen LogP contribution in [0, 0.1) is 0 Å². The average molecular weight is 198 g/mol. The molecule has 2 nitrogen and oxygen atoms in total. The van der Waals surface area contributed by atoms with Crippen molar-refractivity contribution < 1.29 is 5.11 Å². The number of nitrogens with one attached hydrogen (secondary N) is 1. The van der Waals surface area contributed by atoms with Gasteiger partial charge < -0.3 is 10.4 Å². The Hall–Kier alpha value is -0.570. The number of aliphatic hydroxyl groups is 1. The molecular formula is C10H12ClNO. The lowest BCUT2D eigenvalue weighted by molar-refractivity contribution is 0.0587. The molecule has 1 saturated heterocycles. The molecule has 0 aliphatic carbocycles. The Morgan fingerprint density at radius 3 is 2.92 bits per heavy atom. The summed E-state index contributed by atoms with van der Waals surface area (Å²) in [5.74, 6) is 0. The zero-order valence-electron chi connectivity index (χ0n) is 7.26. The fourth-order valence-corrected chi connectivity index (χ4v) is 1.89. The molecule has 0 amide bonds. The quantitative estimate of drug-likeness (QED) is 0.716. The van der Waals surface area contributed by atoms with Gasteiger partial charge in [0.2, 0.25) is 0 Å². The van der Waals surface area contributed by atoms with Crippen LogP contribution in [0.4, 0.5) is 0 Å². The van der Waals surface area contributed by atoms with E-state index in [9.17, 15) is 5.11 Å². The highest BCUT2D eigenvalue weighted by atomic mass is 35.5. The van der Waals surface area contributed by atoms with Crippen LogP contribution in [-0.2, 0) is 5.60 Å². The third-order valence-corrected chi connectivity index (χ3v) is 2.73. The molecule has 0 aromatic heterocycles. The van der Waals surface area contributed by atoms with Gasteiger partial charge in [-0.15, -0.1) is 0 Å². The molecule has 0 radical (unpaired) electrons. The Labute approximate surface area is 82.5 Å². The molecule has 0 saturated carbocycles. The van der Waals surface area contributed by atoms with E-state index >= 15 is 0 Å². The maximum absolute atomic E-state index is 10.2. The van der Waals surface area contributed by atoms with Gasteiger partial charge in [0.25, 0.3) is 0 Å². The van der Waals surface area contributed by atoms with Crippen LogP contribution in [0.2, 0.25) is 5.02 Å². The minimum absolute atomic E-state index is 0.618. The minimum Gasteiger partial charge on any atom is -0.384 e. The van der Waals surface area contributed by atoms with Crippen molar-refractivity contribution in [3.05, 3.63) is 34.9 Å². The second-order valence-electron chi connectivity index (χ2n) is 3.47. The van der Waals surface area contributed by atoms with E-state index in [1.54, 1.807) is 0 Å².